The molecule has 0 spiro atoms. The van der Waals surface area contributed by atoms with Crippen LogP contribution in [0.25, 0.3) is 0 Å². The maximum atomic E-state index is 5.78. The van der Waals surface area contributed by atoms with E-state index in [0.717, 1.165) is 56.5 Å². The number of anilines is 1. The van der Waals surface area contributed by atoms with Crippen LogP contribution in [0.1, 0.15) is 68.1 Å². The minimum Gasteiger partial charge on any atom is -0.466 e. The van der Waals surface area contributed by atoms with Gasteiger partial charge in [-0.3, -0.25) is 0 Å². The minimum atomic E-state index is 0.487. The molecule has 0 saturated carbocycles. The van der Waals surface area contributed by atoms with Crippen molar-refractivity contribution in [3.63, 3.8) is 0 Å². The van der Waals surface area contributed by atoms with Crippen LogP contribution in [-0.4, -0.2) is 47.6 Å². The van der Waals surface area contributed by atoms with Gasteiger partial charge in [-0.25, -0.2) is 9.97 Å². The molecule has 2 fully saturated rings. The van der Waals surface area contributed by atoms with Crippen molar-refractivity contribution < 1.29 is 4.42 Å². The third-order valence-corrected chi connectivity index (χ3v) is 6.23. The molecular weight excluding hydrogens is 336 g/mol. The Bertz CT molecular complexity index is 729. The van der Waals surface area contributed by atoms with Crippen molar-refractivity contribution in [2.45, 2.75) is 57.8 Å². The molecule has 0 bridgehead atoms. The van der Waals surface area contributed by atoms with Gasteiger partial charge in [0.2, 0.25) is 0 Å². The maximum absolute atomic E-state index is 5.78. The Labute approximate surface area is 162 Å². The fourth-order valence-electron chi connectivity index (χ4n) is 4.39. The second-order valence-corrected chi connectivity index (χ2v) is 8.25. The van der Waals surface area contributed by atoms with Crippen LogP contribution in [0, 0.1) is 6.92 Å². The summed E-state index contributed by atoms with van der Waals surface area (Å²) in [5, 5.41) is 0. The first-order chi connectivity index (χ1) is 13.2. The Morgan fingerprint density at radius 3 is 2.59 bits per heavy atom. The Balaban J connectivity index is 1.27. The molecule has 27 heavy (non-hydrogen) atoms. The fourth-order valence-corrected chi connectivity index (χ4v) is 4.39. The lowest BCUT2D eigenvalue weighted by Crippen LogP contribution is -2.34. The number of likely N-dealkylation sites (tertiary alicyclic amines) is 1. The van der Waals surface area contributed by atoms with Crippen molar-refractivity contribution in [3.05, 3.63) is 41.7 Å². The smallest absolute Gasteiger partial charge is 0.132 e. The van der Waals surface area contributed by atoms with Crippen LogP contribution in [0.3, 0.4) is 0 Å². The summed E-state index contributed by atoms with van der Waals surface area (Å²) < 4.78 is 5.78. The van der Waals surface area contributed by atoms with Gasteiger partial charge in [0, 0.05) is 36.7 Å². The molecule has 0 aliphatic carbocycles. The maximum Gasteiger partial charge on any atom is 0.132 e. The van der Waals surface area contributed by atoms with Crippen molar-refractivity contribution in [1.29, 1.82) is 0 Å². The van der Waals surface area contributed by atoms with Crippen LogP contribution < -0.4 is 4.90 Å². The van der Waals surface area contributed by atoms with Gasteiger partial charge in [-0.1, -0.05) is 6.92 Å². The van der Waals surface area contributed by atoms with E-state index in [-0.39, 0.29) is 0 Å². The summed E-state index contributed by atoms with van der Waals surface area (Å²) in [6.07, 6.45) is 7.89. The number of furan rings is 1. The van der Waals surface area contributed by atoms with Crippen molar-refractivity contribution in [2.24, 2.45) is 0 Å². The van der Waals surface area contributed by atoms with Gasteiger partial charge in [0.25, 0.3) is 0 Å². The number of rotatable bonds is 6. The Kier molecular flexibility index (Phi) is 5.77. The largest absolute Gasteiger partial charge is 0.466 e. The van der Waals surface area contributed by atoms with E-state index in [1.54, 1.807) is 6.33 Å². The van der Waals surface area contributed by atoms with Gasteiger partial charge in [-0.15, -0.1) is 0 Å². The van der Waals surface area contributed by atoms with E-state index in [2.05, 4.69) is 44.9 Å². The first-order valence-electron chi connectivity index (χ1n) is 10.5. The van der Waals surface area contributed by atoms with Crippen LogP contribution in [0.5, 0.6) is 0 Å². The topological polar surface area (TPSA) is 45.4 Å². The van der Waals surface area contributed by atoms with Crippen LogP contribution in [0.2, 0.25) is 0 Å². The molecule has 5 heteroatoms. The molecule has 2 aromatic heterocycles. The van der Waals surface area contributed by atoms with Crippen molar-refractivity contribution in [2.75, 3.05) is 37.6 Å². The molecule has 1 unspecified atom stereocenters. The highest BCUT2D eigenvalue weighted by Gasteiger charge is 2.23. The van der Waals surface area contributed by atoms with Crippen molar-refractivity contribution in [3.8, 4) is 0 Å². The monoisotopic (exact) mass is 368 g/mol. The first kappa shape index (κ1) is 18.5. The summed E-state index contributed by atoms with van der Waals surface area (Å²) in [5.41, 5.74) is 1.24. The van der Waals surface area contributed by atoms with Gasteiger partial charge in [-0.2, -0.15) is 0 Å². The number of aryl methyl sites for hydroxylation is 1. The lowest BCUT2D eigenvalue weighted by molar-refractivity contribution is 0.203. The zero-order chi connectivity index (χ0) is 18.6. The van der Waals surface area contributed by atoms with E-state index in [0.29, 0.717) is 11.8 Å². The molecule has 2 aromatic rings. The molecule has 4 rings (SSSR count). The number of aromatic nitrogens is 2. The summed E-state index contributed by atoms with van der Waals surface area (Å²) >= 11 is 0. The molecular formula is C22H32N4O. The Hall–Kier alpha value is -1.88. The van der Waals surface area contributed by atoms with E-state index >= 15 is 0 Å². The average molecular weight is 369 g/mol. The second-order valence-electron chi connectivity index (χ2n) is 8.25. The summed E-state index contributed by atoms with van der Waals surface area (Å²) in [6.45, 7) is 10.0. The number of piperidine rings is 1. The van der Waals surface area contributed by atoms with Crippen LogP contribution >= 0.6 is 0 Å². The quantitative estimate of drug-likeness (QED) is 0.758. The Morgan fingerprint density at radius 1 is 1.11 bits per heavy atom. The normalized spacial score (nSPS) is 20.3. The Morgan fingerprint density at radius 2 is 1.89 bits per heavy atom. The molecule has 0 aromatic carbocycles. The molecule has 1 atom stereocenters. The highest BCUT2D eigenvalue weighted by Crippen LogP contribution is 2.30. The van der Waals surface area contributed by atoms with Crippen LogP contribution in [0.15, 0.2) is 28.9 Å². The number of hydrogen-bond donors (Lipinski definition) is 0. The molecule has 146 valence electrons. The molecule has 4 heterocycles. The number of hydrogen-bond acceptors (Lipinski definition) is 5. The van der Waals surface area contributed by atoms with Gasteiger partial charge in [0.15, 0.2) is 0 Å². The van der Waals surface area contributed by atoms with E-state index in [1.165, 1.54) is 31.4 Å². The second kappa shape index (κ2) is 8.42. The zero-order valence-electron chi connectivity index (χ0n) is 16.7. The lowest BCUT2D eigenvalue weighted by atomic mass is 9.92. The highest BCUT2D eigenvalue weighted by atomic mass is 16.3. The van der Waals surface area contributed by atoms with Crippen molar-refractivity contribution >= 4 is 5.82 Å². The zero-order valence-corrected chi connectivity index (χ0v) is 16.7. The summed E-state index contributed by atoms with van der Waals surface area (Å²) in [4.78, 5) is 14.1. The van der Waals surface area contributed by atoms with Gasteiger partial charge in [0.1, 0.15) is 23.7 Å². The van der Waals surface area contributed by atoms with E-state index < -0.39 is 0 Å². The first-order valence-corrected chi connectivity index (χ1v) is 10.5. The predicted molar refractivity (Wildman–Crippen MR) is 108 cm³/mol. The van der Waals surface area contributed by atoms with Gasteiger partial charge in [-0.05, 0) is 70.8 Å². The summed E-state index contributed by atoms with van der Waals surface area (Å²) in [5.74, 6) is 4.33. The third-order valence-electron chi connectivity index (χ3n) is 6.23. The molecule has 0 radical (unpaired) electrons. The molecule has 2 aliphatic rings. The molecule has 5 nitrogen and oxygen atoms in total. The van der Waals surface area contributed by atoms with Crippen LogP contribution in [0.4, 0.5) is 5.82 Å². The average Bonchev–Trinajstić information content (AvgIpc) is 3.39. The van der Waals surface area contributed by atoms with E-state index in [9.17, 15) is 0 Å². The van der Waals surface area contributed by atoms with E-state index in [1.807, 2.05) is 6.92 Å². The highest BCUT2D eigenvalue weighted by molar-refractivity contribution is 5.40. The minimum absolute atomic E-state index is 0.487. The fraction of sp³-hybridized carbons (Fsp3) is 0.636. The van der Waals surface area contributed by atoms with Crippen LogP contribution in [-0.2, 0) is 0 Å². The molecule has 2 aliphatic heterocycles. The molecule has 2 saturated heterocycles. The number of nitrogens with zero attached hydrogens (tertiary/aromatic N) is 4. The summed E-state index contributed by atoms with van der Waals surface area (Å²) in [7, 11) is 0. The summed E-state index contributed by atoms with van der Waals surface area (Å²) in [6, 6.07) is 6.43. The van der Waals surface area contributed by atoms with Crippen molar-refractivity contribution in [1.82, 2.24) is 14.9 Å². The van der Waals surface area contributed by atoms with Gasteiger partial charge >= 0.3 is 0 Å². The molecule has 0 N–H and O–H groups in total. The SMILES string of the molecule is Cc1ccc(C(C)CCN2CCC(c3cc(N4CCCC4)ncn3)CC2)o1. The standard InChI is InChI=1S/C22H32N4O/c1-17(21-6-5-18(2)27-21)7-12-25-13-8-19(9-14-25)20-15-22(24-16-23-20)26-10-3-4-11-26/h5-6,15-17,19H,3-4,7-14H2,1-2H3. The predicted octanol–water partition coefficient (Wildman–Crippen LogP) is 4.35. The van der Waals surface area contributed by atoms with Gasteiger partial charge in [0.05, 0.1) is 0 Å². The molecule has 0 amide bonds. The lowest BCUT2D eigenvalue weighted by Gasteiger charge is -2.32. The van der Waals surface area contributed by atoms with Gasteiger partial charge < -0.3 is 14.2 Å². The third kappa shape index (κ3) is 4.52. The van der Waals surface area contributed by atoms with E-state index in [4.69, 9.17) is 4.42 Å².